The second-order valence-corrected chi connectivity index (χ2v) is 15.3. The van der Waals surface area contributed by atoms with Crippen LogP contribution in [-0.2, 0) is 26.8 Å². The Hall–Kier alpha value is -3.65. The third kappa shape index (κ3) is 5.01. The predicted molar refractivity (Wildman–Crippen MR) is 169 cm³/mol. The normalized spacial score (nSPS) is 21.0. The van der Waals surface area contributed by atoms with Gasteiger partial charge in [-0.05, 0) is 34.7 Å². The van der Waals surface area contributed by atoms with E-state index in [9.17, 15) is 25.9 Å². The SMILES string of the molecule is O=S(=O)([O-])CCC[n+]1c(C=C2Oc3ccc(-c4ccccc4)cc3[N+]23CCCC3S(=O)(=O)[O-])sc2ccc3ccccc3c21. The van der Waals surface area contributed by atoms with Crippen LogP contribution < -0.4 is 13.8 Å². The Morgan fingerprint density at radius 3 is 2.48 bits per heavy atom. The number of hydrogen-bond acceptors (Lipinski definition) is 8. The van der Waals surface area contributed by atoms with Gasteiger partial charge in [-0.25, -0.2) is 21.3 Å². The molecule has 0 saturated carbocycles. The molecule has 0 amide bonds. The number of aryl methyl sites for hydroxylation is 1. The van der Waals surface area contributed by atoms with Gasteiger partial charge in [0.05, 0.1) is 22.0 Å². The number of fused-ring (bicyclic) bond motifs is 5. The van der Waals surface area contributed by atoms with Gasteiger partial charge < -0.3 is 13.8 Å². The van der Waals surface area contributed by atoms with Crippen molar-refractivity contribution in [2.75, 3.05) is 12.3 Å². The molecule has 226 valence electrons. The summed E-state index contributed by atoms with van der Waals surface area (Å²) in [6, 6.07) is 27.2. The lowest BCUT2D eigenvalue weighted by atomic mass is 10.0. The lowest BCUT2D eigenvalue weighted by molar-refractivity contribution is -0.668. The van der Waals surface area contributed by atoms with E-state index >= 15 is 0 Å². The maximum Gasteiger partial charge on any atom is 0.311 e. The molecule has 4 aromatic carbocycles. The second kappa shape index (κ2) is 10.8. The first kappa shape index (κ1) is 29.1. The Bertz CT molecular complexity index is 2180. The van der Waals surface area contributed by atoms with E-state index in [2.05, 4.69) is 0 Å². The highest BCUT2D eigenvalue weighted by molar-refractivity contribution is 7.86. The number of hydrogen-bond donors (Lipinski definition) is 0. The monoisotopic (exact) mass is 648 g/mol. The summed E-state index contributed by atoms with van der Waals surface area (Å²) in [4.78, 5) is 0. The van der Waals surface area contributed by atoms with E-state index in [1.54, 1.807) is 6.08 Å². The molecule has 12 heteroatoms. The highest BCUT2D eigenvalue weighted by Crippen LogP contribution is 2.53. The first-order chi connectivity index (χ1) is 21.0. The average Bonchev–Trinajstić information content (AvgIpc) is 3.68. The van der Waals surface area contributed by atoms with Crippen LogP contribution in [0, 0.1) is 0 Å². The molecule has 0 aliphatic carbocycles. The summed E-state index contributed by atoms with van der Waals surface area (Å²) in [6.07, 6.45) is 2.60. The van der Waals surface area contributed by atoms with Gasteiger partial charge in [0.15, 0.2) is 33.5 Å². The predicted octanol–water partition coefficient (Wildman–Crippen LogP) is 5.31. The number of quaternary nitrogens is 1. The molecule has 44 heavy (non-hydrogen) atoms. The minimum atomic E-state index is -4.74. The van der Waals surface area contributed by atoms with E-state index in [4.69, 9.17) is 4.74 Å². The van der Waals surface area contributed by atoms with E-state index in [0.29, 0.717) is 35.3 Å². The van der Waals surface area contributed by atoms with Crippen molar-refractivity contribution in [3.63, 3.8) is 0 Å². The summed E-state index contributed by atoms with van der Waals surface area (Å²) in [5.41, 5.74) is 3.33. The number of thiazole rings is 1. The molecule has 2 unspecified atom stereocenters. The fourth-order valence-corrected chi connectivity index (χ4v) is 9.50. The highest BCUT2D eigenvalue weighted by Gasteiger charge is 2.57. The summed E-state index contributed by atoms with van der Waals surface area (Å²) < 4.78 is 81.9. The number of benzene rings is 4. The Morgan fingerprint density at radius 1 is 0.932 bits per heavy atom. The van der Waals surface area contributed by atoms with Crippen molar-refractivity contribution >= 4 is 64.3 Å². The van der Waals surface area contributed by atoms with E-state index in [1.807, 2.05) is 89.5 Å². The van der Waals surface area contributed by atoms with Crippen molar-refractivity contribution in [1.29, 1.82) is 0 Å². The molecule has 2 atom stereocenters. The van der Waals surface area contributed by atoms with Crippen molar-refractivity contribution < 1.29 is 35.2 Å². The molecule has 2 aliphatic rings. The Kier molecular flexibility index (Phi) is 7.11. The van der Waals surface area contributed by atoms with Gasteiger partial charge in [-0.3, -0.25) is 0 Å². The summed E-state index contributed by atoms with van der Waals surface area (Å²) >= 11 is 1.45. The van der Waals surface area contributed by atoms with Gasteiger partial charge in [-0.2, -0.15) is 4.57 Å². The Morgan fingerprint density at radius 2 is 1.70 bits per heavy atom. The van der Waals surface area contributed by atoms with Crippen LogP contribution in [0.15, 0.2) is 90.8 Å². The van der Waals surface area contributed by atoms with Gasteiger partial charge in [0.1, 0.15) is 10.8 Å². The molecule has 1 aromatic heterocycles. The van der Waals surface area contributed by atoms with Crippen LogP contribution in [-0.4, -0.2) is 43.6 Å². The zero-order chi connectivity index (χ0) is 30.7. The van der Waals surface area contributed by atoms with Crippen molar-refractivity contribution in [2.24, 2.45) is 0 Å². The first-order valence-electron chi connectivity index (χ1n) is 14.2. The molecule has 9 nitrogen and oxygen atoms in total. The summed E-state index contributed by atoms with van der Waals surface area (Å²) in [5.74, 6) is 0.300. The van der Waals surface area contributed by atoms with Crippen LogP contribution in [0.5, 0.6) is 5.75 Å². The van der Waals surface area contributed by atoms with E-state index < -0.39 is 31.4 Å². The largest absolute Gasteiger partial charge is 0.748 e. The van der Waals surface area contributed by atoms with E-state index in [1.165, 1.54) is 11.3 Å². The lowest BCUT2D eigenvalue weighted by Gasteiger charge is -2.34. The Labute approximate surface area is 259 Å². The van der Waals surface area contributed by atoms with Gasteiger partial charge in [-0.15, -0.1) is 0 Å². The maximum atomic E-state index is 12.8. The molecule has 7 rings (SSSR count). The molecule has 1 saturated heterocycles. The lowest BCUT2D eigenvalue weighted by Crippen LogP contribution is -2.54. The van der Waals surface area contributed by atoms with Crippen LogP contribution in [0.1, 0.15) is 24.3 Å². The summed E-state index contributed by atoms with van der Waals surface area (Å²) in [6.45, 7) is 0.606. The molecule has 1 spiro atoms. The van der Waals surface area contributed by atoms with Crippen molar-refractivity contribution in [3.05, 3.63) is 95.8 Å². The molecule has 1 fully saturated rings. The zero-order valence-electron chi connectivity index (χ0n) is 23.5. The molecular weight excluding hydrogens is 621 g/mol. The molecule has 0 N–H and O–H groups in total. The van der Waals surface area contributed by atoms with Gasteiger partial charge >= 0.3 is 5.88 Å². The standard InChI is InChI=1S/C32H28N2O7S3/c35-43(36,37)19-7-17-33-29(42-28-16-14-23-10-4-5-11-25(23)32(28)33)21-30-34(18-6-12-31(34)44(38,39)40)26-20-24(13-15-27(26)41-30)22-8-2-1-3-9-22/h1-5,8-11,13-16,20-21,31H,6-7,12,17-19H2. The van der Waals surface area contributed by atoms with Crippen LogP contribution in [0.3, 0.4) is 0 Å². The topological polar surface area (TPSA) is 128 Å². The minimum Gasteiger partial charge on any atom is -0.748 e. The molecule has 2 aliphatic heterocycles. The van der Waals surface area contributed by atoms with Gasteiger partial charge in [-0.1, -0.05) is 72.0 Å². The number of ether oxygens (including phenoxy) is 1. The fourth-order valence-electron chi connectivity index (χ4n) is 6.66. The zero-order valence-corrected chi connectivity index (χ0v) is 25.9. The van der Waals surface area contributed by atoms with Crippen molar-refractivity contribution in [3.8, 4) is 16.9 Å². The average molecular weight is 649 g/mol. The van der Waals surface area contributed by atoms with Crippen molar-refractivity contribution in [1.82, 2.24) is 4.48 Å². The molecule has 3 heterocycles. The summed E-state index contributed by atoms with van der Waals surface area (Å²) in [7, 11) is -9.16. The quantitative estimate of drug-likeness (QED) is 0.133. The van der Waals surface area contributed by atoms with Gasteiger partial charge in [0.2, 0.25) is 5.52 Å². The molecule has 5 aromatic rings. The number of aromatic nitrogens is 1. The third-order valence-electron chi connectivity index (χ3n) is 8.53. The maximum absolute atomic E-state index is 12.8. The van der Waals surface area contributed by atoms with Gasteiger partial charge in [0, 0.05) is 31.1 Å². The molecule has 0 bridgehead atoms. The fraction of sp³-hybridized carbons (Fsp3) is 0.219. The minimum absolute atomic E-state index is 0.0980. The smallest absolute Gasteiger partial charge is 0.311 e. The number of nitrogens with zero attached hydrogens (tertiary/aromatic N) is 2. The first-order valence-corrected chi connectivity index (χ1v) is 18.1. The van der Waals surface area contributed by atoms with Crippen molar-refractivity contribution in [2.45, 2.75) is 31.2 Å². The van der Waals surface area contributed by atoms with Gasteiger partial charge in [0.25, 0.3) is 5.01 Å². The second-order valence-electron chi connectivity index (χ2n) is 11.2. The van der Waals surface area contributed by atoms with E-state index in [-0.39, 0.29) is 23.9 Å². The third-order valence-corrected chi connectivity index (χ3v) is 11.7. The molecular formula is C32H28N2O7S3. The van der Waals surface area contributed by atoms with Crippen LogP contribution in [0.2, 0.25) is 0 Å². The highest BCUT2D eigenvalue weighted by atomic mass is 32.2. The van der Waals surface area contributed by atoms with Crippen LogP contribution >= 0.6 is 11.3 Å². The molecule has 0 radical (unpaired) electrons. The Balaban J connectivity index is 1.44. The summed E-state index contributed by atoms with van der Waals surface area (Å²) in [5, 5.41) is 1.39. The number of rotatable bonds is 7. The van der Waals surface area contributed by atoms with E-state index in [0.717, 1.165) is 32.1 Å². The van der Waals surface area contributed by atoms with Crippen LogP contribution in [0.4, 0.5) is 5.69 Å². The van der Waals surface area contributed by atoms with Crippen LogP contribution in [0.25, 0.3) is 38.2 Å².